The second-order valence-corrected chi connectivity index (χ2v) is 14.2. The third-order valence-electron chi connectivity index (χ3n) is 8.59. The van der Waals surface area contributed by atoms with E-state index < -0.39 is 28.5 Å². The summed E-state index contributed by atoms with van der Waals surface area (Å²) in [6, 6.07) is 30.5. The number of carbonyl (C=O) groups excluding carboxylic acids is 2. The molecule has 0 aromatic heterocycles. The molecule has 4 aromatic carbocycles. The molecule has 240 valence electrons. The summed E-state index contributed by atoms with van der Waals surface area (Å²) in [7, 11) is -4.13. The molecule has 1 fully saturated rings. The molecule has 1 aliphatic carbocycles. The van der Waals surface area contributed by atoms with Crippen molar-refractivity contribution in [1.29, 1.82) is 0 Å². The molecule has 0 radical (unpaired) electrons. The highest BCUT2D eigenvalue weighted by Gasteiger charge is 2.35. The second-order valence-electron chi connectivity index (χ2n) is 12.4. The third kappa shape index (κ3) is 8.23. The predicted molar refractivity (Wildman–Crippen MR) is 183 cm³/mol. The predicted octanol–water partition coefficient (Wildman–Crippen LogP) is 6.51. The Morgan fingerprint density at radius 1 is 0.761 bits per heavy atom. The molecule has 0 saturated heterocycles. The van der Waals surface area contributed by atoms with Gasteiger partial charge >= 0.3 is 0 Å². The molecule has 1 aliphatic rings. The lowest BCUT2D eigenvalue weighted by molar-refractivity contribution is -0.140. The molecule has 0 spiro atoms. The average molecular weight is 638 g/mol. The molecule has 7 nitrogen and oxygen atoms in total. The average Bonchev–Trinajstić information content (AvgIpc) is 3.55. The van der Waals surface area contributed by atoms with E-state index >= 15 is 0 Å². The van der Waals surface area contributed by atoms with Gasteiger partial charge in [0.15, 0.2) is 0 Å². The fraction of sp³-hybridized carbons (Fsp3) is 0.316. The monoisotopic (exact) mass is 637 g/mol. The lowest BCUT2D eigenvalue weighted by Crippen LogP contribution is -2.54. The van der Waals surface area contributed by atoms with Crippen molar-refractivity contribution in [2.45, 2.75) is 76.4 Å². The number of aryl methyl sites for hydroxylation is 3. The lowest BCUT2D eigenvalue weighted by Gasteiger charge is -2.34. The van der Waals surface area contributed by atoms with Gasteiger partial charge in [-0.1, -0.05) is 103 Å². The van der Waals surface area contributed by atoms with Crippen LogP contribution < -0.4 is 9.62 Å². The Balaban J connectivity index is 1.57. The molecule has 5 rings (SSSR count). The molecule has 8 heteroatoms. The number of hydrogen-bond acceptors (Lipinski definition) is 4. The van der Waals surface area contributed by atoms with Crippen LogP contribution in [0.5, 0.6) is 0 Å². The summed E-state index contributed by atoms with van der Waals surface area (Å²) >= 11 is 0. The summed E-state index contributed by atoms with van der Waals surface area (Å²) in [6.45, 7) is 5.45. The van der Waals surface area contributed by atoms with E-state index in [0.29, 0.717) is 12.1 Å². The van der Waals surface area contributed by atoms with Gasteiger partial charge in [-0.15, -0.1) is 0 Å². The topological polar surface area (TPSA) is 86.8 Å². The Kier molecular flexibility index (Phi) is 10.6. The minimum absolute atomic E-state index is 0.0624. The Morgan fingerprint density at radius 2 is 1.39 bits per heavy atom. The normalized spacial score (nSPS) is 14.1. The SMILES string of the molecule is Cc1ccc(S(=O)(=O)N(CC(=O)N(Cc2cccc(C)c2)[C@@H](Cc2ccccc2)C(=O)NC2CCCC2)c2cccc(C)c2)cc1. The van der Waals surface area contributed by atoms with E-state index in [0.717, 1.165) is 53.5 Å². The van der Waals surface area contributed by atoms with Crippen LogP contribution in [0.4, 0.5) is 5.69 Å². The summed E-state index contributed by atoms with van der Waals surface area (Å²) in [4.78, 5) is 30.4. The fourth-order valence-corrected chi connectivity index (χ4v) is 7.48. The van der Waals surface area contributed by atoms with Crippen LogP contribution in [0.1, 0.15) is 53.5 Å². The zero-order chi connectivity index (χ0) is 32.7. The molecule has 0 aliphatic heterocycles. The molecule has 0 unspecified atom stereocenters. The Bertz CT molecular complexity index is 1750. The van der Waals surface area contributed by atoms with Gasteiger partial charge < -0.3 is 10.2 Å². The van der Waals surface area contributed by atoms with Crippen molar-refractivity contribution in [2.75, 3.05) is 10.8 Å². The first-order chi connectivity index (χ1) is 22.1. The highest BCUT2D eigenvalue weighted by Crippen LogP contribution is 2.27. The maximum absolute atomic E-state index is 14.6. The van der Waals surface area contributed by atoms with Crippen LogP contribution in [0.15, 0.2) is 108 Å². The number of nitrogens with one attached hydrogen (secondary N) is 1. The molecular formula is C38H43N3O4S. The van der Waals surface area contributed by atoms with Crippen molar-refractivity contribution in [1.82, 2.24) is 10.2 Å². The zero-order valence-corrected chi connectivity index (χ0v) is 27.7. The lowest BCUT2D eigenvalue weighted by atomic mass is 10.0. The Hall–Kier alpha value is -4.43. The number of rotatable bonds is 12. The van der Waals surface area contributed by atoms with Gasteiger partial charge in [-0.05, 0) is 74.6 Å². The Morgan fingerprint density at radius 3 is 2.04 bits per heavy atom. The molecule has 4 aromatic rings. The molecule has 0 heterocycles. The molecule has 1 N–H and O–H groups in total. The van der Waals surface area contributed by atoms with Crippen LogP contribution in [0.3, 0.4) is 0 Å². The minimum atomic E-state index is -4.13. The molecule has 1 atom stereocenters. The summed E-state index contributed by atoms with van der Waals surface area (Å²) in [5.74, 6) is -0.679. The summed E-state index contributed by atoms with van der Waals surface area (Å²) in [6.07, 6.45) is 4.23. The summed E-state index contributed by atoms with van der Waals surface area (Å²) in [5.41, 5.74) is 4.99. The van der Waals surface area contributed by atoms with Crippen molar-refractivity contribution < 1.29 is 18.0 Å². The van der Waals surface area contributed by atoms with Crippen LogP contribution in [0.25, 0.3) is 0 Å². The summed E-state index contributed by atoms with van der Waals surface area (Å²) in [5, 5.41) is 3.22. The minimum Gasteiger partial charge on any atom is -0.352 e. The van der Waals surface area contributed by atoms with E-state index in [4.69, 9.17) is 0 Å². The van der Waals surface area contributed by atoms with Crippen molar-refractivity contribution in [3.63, 3.8) is 0 Å². The van der Waals surface area contributed by atoms with Gasteiger partial charge in [0.05, 0.1) is 10.6 Å². The Labute approximate surface area is 273 Å². The van der Waals surface area contributed by atoms with Crippen LogP contribution in [-0.2, 0) is 32.6 Å². The largest absolute Gasteiger partial charge is 0.352 e. The third-order valence-corrected chi connectivity index (χ3v) is 10.4. The van der Waals surface area contributed by atoms with Crippen molar-refractivity contribution in [2.24, 2.45) is 0 Å². The molecule has 2 amide bonds. The van der Waals surface area contributed by atoms with Gasteiger partial charge in [-0.2, -0.15) is 0 Å². The molecule has 46 heavy (non-hydrogen) atoms. The van der Waals surface area contributed by atoms with E-state index in [-0.39, 0.29) is 23.4 Å². The van der Waals surface area contributed by atoms with E-state index in [2.05, 4.69) is 5.32 Å². The number of benzene rings is 4. The number of amides is 2. The first-order valence-electron chi connectivity index (χ1n) is 16.0. The van der Waals surface area contributed by atoms with E-state index in [1.165, 1.54) is 4.31 Å². The zero-order valence-electron chi connectivity index (χ0n) is 26.9. The number of sulfonamides is 1. The van der Waals surface area contributed by atoms with E-state index in [9.17, 15) is 18.0 Å². The molecular weight excluding hydrogens is 595 g/mol. The number of anilines is 1. The second kappa shape index (κ2) is 14.8. The highest BCUT2D eigenvalue weighted by molar-refractivity contribution is 7.92. The molecule has 1 saturated carbocycles. The highest BCUT2D eigenvalue weighted by atomic mass is 32.2. The van der Waals surface area contributed by atoms with Crippen LogP contribution in [0.2, 0.25) is 0 Å². The smallest absolute Gasteiger partial charge is 0.264 e. The molecule has 0 bridgehead atoms. The van der Waals surface area contributed by atoms with E-state index in [1.54, 1.807) is 47.4 Å². The van der Waals surface area contributed by atoms with Gasteiger partial charge in [-0.3, -0.25) is 13.9 Å². The van der Waals surface area contributed by atoms with Gasteiger partial charge in [0.1, 0.15) is 12.6 Å². The van der Waals surface area contributed by atoms with Crippen molar-refractivity contribution in [3.05, 3.63) is 131 Å². The van der Waals surface area contributed by atoms with Gasteiger partial charge in [0, 0.05) is 19.0 Å². The number of hydrogen-bond donors (Lipinski definition) is 1. The first-order valence-corrected chi connectivity index (χ1v) is 17.4. The van der Waals surface area contributed by atoms with Crippen molar-refractivity contribution >= 4 is 27.5 Å². The van der Waals surface area contributed by atoms with Gasteiger partial charge in [0.2, 0.25) is 11.8 Å². The maximum Gasteiger partial charge on any atom is 0.264 e. The standard InChI is InChI=1S/C38H43N3O4S/c1-28-19-21-35(22-20-28)46(44,45)41(34-18-10-12-30(3)24-34)27-37(42)40(26-32-15-9-11-29(2)23-32)36(25-31-13-5-4-6-14-31)38(43)39-33-16-7-8-17-33/h4-6,9-15,18-24,33,36H,7-8,16-17,25-27H2,1-3H3,(H,39,43)/t36-/m0/s1. The van der Waals surface area contributed by atoms with Gasteiger partial charge in [0.25, 0.3) is 10.0 Å². The number of nitrogens with zero attached hydrogens (tertiary/aromatic N) is 2. The first kappa shape index (κ1) is 32.9. The van der Waals surface area contributed by atoms with Crippen LogP contribution >= 0.6 is 0 Å². The van der Waals surface area contributed by atoms with Crippen molar-refractivity contribution in [3.8, 4) is 0 Å². The fourth-order valence-electron chi connectivity index (χ4n) is 6.08. The van der Waals surface area contributed by atoms with Crippen LogP contribution in [0, 0.1) is 20.8 Å². The van der Waals surface area contributed by atoms with Gasteiger partial charge in [-0.25, -0.2) is 8.42 Å². The quantitative estimate of drug-likeness (QED) is 0.192. The number of carbonyl (C=O) groups is 2. The maximum atomic E-state index is 14.6. The van der Waals surface area contributed by atoms with Crippen LogP contribution in [-0.4, -0.2) is 43.8 Å². The summed E-state index contributed by atoms with van der Waals surface area (Å²) < 4.78 is 29.6. The van der Waals surface area contributed by atoms with E-state index in [1.807, 2.05) is 81.4 Å².